The molecule has 0 bridgehead atoms. The Kier molecular flexibility index (Phi) is 24.3. The molecule has 1 aromatic heterocycles. The fourth-order valence-electron chi connectivity index (χ4n) is 7.77. The summed E-state index contributed by atoms with van der Waals surface area (Å²) < 4.78 is 24.6. The number of nitrogens with zero attached hydrogens (tertiary/aromatic N) is 3. The Morgan fingerprint density at radius 1 is 0.909 bits per heavy atom. The Labute approximate surface area is 389 Å². The van der Waals surface area contributed by atoms with E-state index >= 15 is 0 Å². The zero-order valence-electron chi connectivity index (χ0n) is 39.0. The fraction of sp³-hybridized carbons (Fsp3) is 0.630. The first kappa shape index (κ1) is 55.4. The predicted molar refractivity (Wildman–Crippen MR) is 248 cm³/mol. The molecule has 0 saturated carbocycles. The monoisotopic (exact) mass is 945 g/mol. The molecule has 20 heteroatoms. The highest BCUT2D eigenvalue weighted by Crippen LogP contribution is 2.45. The van der Waals surface area contributed by atoms with Gasteiger partial charge in [0.25, 0.3) is 0 Å². The van der Waals surface area contributed by atoms with E-state index in [1.54, 1.807) is 18.6 Å². The van der Waals surface area contributed by atoms with E-state index in [1.165, 1.54) is 24.3 Å². The number of phosphoric acid groups is 1. The number of imidazole rings is 1. The van der Waals surface area contributed by atoms with Crippen LogP contribution >= 0.6 is 7.82 Å². The lowest BCUT2D eigenvalue weighted by Crippen LogP contribution is -2.61. The van der Waals surface area contributed by atoms with Crippen molar-refractivity contribution in [1.29, 1.82) is 0 Å². The second kappa shape index (κ2) is 29.0. The smallest absolute Gasteiger partial charge is 0.394 e. The number of phosphoric ester groups is 1. The minimum absolute atomic E-state index is 0.0770. The number of allylic oxidation sites excluding steroid dienone is 1. The highest BCUT2D eigenvalue weighted by atomic mass is 31.2. The van der Waals surface area contributed by atoms with Crippen molar-refractivity contribution < 1.29 is 52.4 Å². The molecular formula is C46H73N8O11P. The number of aromatic nitrogens is 2. The van der Waals surface area contributed by atoms with Crippen molar-refractivity contribution >= 4 is 43.3 Å². The third-order valence-corrected chi connectivity index (χ3v) is 12.5. The van der Waals surface area contributed by atoms with Crippen molar-refractivity contribution in [2.24, 2.45) is 11.7 Å². The molecule has 1 unspecified atom stereocenters. The Balaban J connectivity index is 1.76. The molecule has 6 amide bonds. The third-order valence-electron chi connectivity index (χ3n) is 11.3. The lowest BCUT2D eigenvalue weighted by atomic mass is 10.0. The molecule has 0 aliphatic carbocycles. The van der Waals surface area contributed by atoms with Gasteiger partial charge in [0.05, 0.1) is 25.6 Å². The number of carbonyl (C=O) groups excluding carboxylic acids is 6. The summed E-state index contributed by atoms with van der Waals surface area (Å²) in [7, 11) is -4.71. The van der Waals surface area contributed by atoms with Gasteiger partial charge in [0, 0.05) is 38.3 Å². The van der Waals surface area contributed by atoms with Gasteiger partial charge in [-0.25, -0.2) is 9.55 Å². The van der Waals surface area contributed by atoms with E-state index in [0.717, 1.165) is 44.9 Å². The van der Waals surface area contributed by atoms with Crippen LogP contribution in [0.2, 0.25) is 0 Å². The zero-order chi connectivity index (χ0) is 48.6. The topological polar surface area (TPSA) is 274 Å². The number of hydrogen-bond acceptors (Lipinski definition) is 11. The van der Waals surface area contributed by atoms with Crippen LogP contribution in [-0.4, -0.2) is 116 Å². The molecule has 8 N–H and O–H groups in total. The Morgan fingerprint density at radius 3 is 2.21 bits per heavy atom. The van der Waals surface area contributed by atoms with E-state index in [1.807, 2.05) is 36.6 Å². The van der Waals surface area contributed by atoms with Crippen LogP contribution in [0.4, 0.5) is 0 Å². The maximum Gasteiger partial charge on any atom is 0.472 e. The molecule has 1 aliphatic rings. The molecule has 368 valence electrons. The van der Waals surface area contributed by atoms with Gasteiger partial charge in [0.15, 0.2) is 0 Å². The van der Waals surface area contributed by atoms with Gasteiger partial charge in [0.1, 0.15) is 30.2 Å². The molecule has 19 nitrogen and oxygen atoms in total. The summed E-state index contributed by atoms with van der Waals surface area (Å²) in [6, 6.07) is 3.76. The average molecular weight is 945 g/mol. The summed E-state index contributed by atoms with van der Waals surface area (Å²) in [5.74, 6) is -4.65. The third kappa shape index (κ3) is 19.5. The minimum atomic E-state index is -4.71. The zero-order valence-corrected chi connectivity index (χ0v) is 39.9. The molecule has 7 atom stereocenters. The fourth-order valence-corrected chi connectivity index (χ4v) is 8.74. The van der Waals surface area contributed by atoms with Crippen molar-refractivity contribution in [2.45, 2.75) is 160 Å². The summed E-state index contributed by atoms with van der Waals surface area (Å²) in [4.78, 5) is 96.1. The first-order valence-electron chi connectivity index (χ1n) is 23.1. The number of carbonyl (C=O) groups is 6. The number of nitrogens with two attached hydrogens (primary N) is 1. The second-order valence-corrected chi connectivity index (χ2v) is 18.7. The summed E-state index contributed by atoms with van der Waals surface area (Å²) >= 11 is 0. The Morgan fingerprint density at radius 2 is 1.56 bits per heavy atom. The van der Waals surface area contributed by atoms with Crippen molar-refractivity contribution in [2.75, 3.05) is 19.8 Å². The van der Waals surface area contributed by atoms with E-state index in [2.05, 4.69) is 45.0 Å². The van der Waals surface area contributed by atoms with Crippen molar-refractivity contribution in [1.82, 2.24) is 35.7 Å². The maximum atomic E-state index is 14.2. The summed E-state index contributed by atoms with van der Waals surface area (Å²) in [6.07, 6.45) is 13.5. The molecule has 1 fully saturated rings. The molecule has 0 radical (unpaired) electrons. The number of likely N-dealkylation sites (tertiary alicyclic amines) is 1. The van der Waals surface area contributed by atoms with Crippen molar-refractivity contribution in [3.8, 4) is 0 Å². The predicted octanol–water partition coefficient (Wildman–Crippen LogP) is 3.36. The van der Waals surface area contributed by atoms with Crippen LogP contribution in [-0.2, 0) is 61.8 Å². The van der Waals surface area contributed by atoms with Gasteiger partial charge in [-0.1, -0.05) is 75.9 Å². The second-order valence-electron chi connectivity index (χ2n) is 17.3. The largest absolute Gasteiger partial charge is 0.472 e. The van der Waals surface area contributed by atoms with E-state index in [-0.39, 0.29) is 31.3 Å². The molecule has 2 heterocycles. The average Bonchev–Trinajstić information content (AvgIpc) is 3.95. The SMILES string of the molecule is C=CCCCCOP(=O)(O)O[C@H](C)[C@H](NC(=O)[C@H](CO)NC(=O)[C@H](Cc1cncn1CCCCCCCCc1ccccc1)NC(=O)[C@H](CC(C)C)NC(=O)[C@@H]1CCCN1C(C)=O)C(N)=O. The van der Waals surface area contributed by atoms with Gasteiger partial charge in [-0.15, -0.1) is 6.58 Å². The van der Waals surface area contributed by atoms with Crippen LogP contribution < -0.4 is 27.0 Å². The molecule has 1 aromatic carbocycles. The quantitative estimate of drug-likeness (QED) is 0.0316. The summed E-state index contributed by atoms with van der Waals surface area (Å²) in [5.41, 5.74) is 7.45. The number of aliphatic hydroxyl groups excluding tert-OH is 1. The minimum Gasteiger partial charge on any atom is -0.394 e. The molecule has 0 spiro atoms. The van der Waals surface area contributed by atoms with Crippen molar-refractivity contribution in [3.05, 3.63) is 66.8 Å². The number of aliphatic hydroxyl groups is 1. The van der Waals surface area contributed by atoms with Gasteiger partial charge >= 0.3 is 7.82 Å². The first-order valence-corrected chi connectivity index (χ1v) is 24.6. The van der Waals surface area contributed by atoms with Gasteiger partial charge in [-0.3, -0.25) is 37.8 Å². The number of hydrogen-bond donors (Lipinski definition) is 7. The van der Waals surface area contributed by atoms with Crippen LogP contribution in [0.5, 0.6) is 0 Å². The highest BCUT2D eigenvalue weighted by Gasteiger charge is 2.38. The molecule has 1 saturated heterocycles. The summed E-state index contributed by atoms with van der Waals surface area (Å²) in [5, 5.41) is 20.6. The van der Waals surface area contributed by atoms with Crippen LogP contribution in [0, 0.1) is 5.92 Å². The van der Waals surface area contributed by atoms with Crippen LogP contribution in [0.1, 0.15) is 116 Å². The lowest BCUT2D eigenvalue weighted by molar-refractivity contribution is -0.139. The van der Waals surface area contributed by atoms with E-state index < -0.39 is 80.3 Å². The summed E-state index contributed by atoms with van der Waals surface area (Å²) in [6.45, 7) is 9.85. The normalized spacial score (nSPS) is 16.9. The highest BCUT2D eigenvalue weighted by molar-refractivity contribution is 7.47. The standard InChI is InChI=1S/C46H73N8O11P/c1-6-7-8-18-26-64-66(62,63)65-33(4)41(42(47)57)52-45(60)39(30-55)51-44(59)38(49-43(58)37(27-32(2)3)50-46(61)40-23-19-25-54(40)34(5)56)28-36-29-48-31-53(36)24-17-12-10-9-11-14-20-35-21-15-13-16-22-35/h6,13,15-16,21-22,29,31-33,37-41,55H,1,7-12,14,17-20,23-28,30H2,2-5H3,(H2,47,57)(H,49,58)(H,50,61)(H,51,59)(H,52,60)(H,62,63)/t33-,37+,38+,39+,40+,41+/m1/s1. The number of amides is 6. The van der Waals surface area contributed by atoms with Gasteiger partial charge in [-0.2, -0.15) is 0 Å². The number of rotatable bonds is 32. The Hall–Kier alpha value is -4.94. The van der Waals surface area contributed by atoms with E-state index in [0.29, 0.717) is 50.9 Å². The molecule has 66 heavy (non-hydrogen) atoms. The molecule has 3 rings (SSSR count). The molecular weight excluding hydrogens is 872 g/mol. The van der Waals surface area contributed by atoms with Crippen LogP contribution in [0.3, 0.4) is 0 Å². The van der Waals surface area contributed by atoms with Crippen LogP contribution in [0.25, 0.3) is 0 Å². The van der Waals surface area contributed by atoms with Gasteiger partial charge < -0.3 is 46.5 Å². The molecule has 1 aliphatic heterocycles. The first-order chi connectivity index (χ1) is 31.5. The van der Waals surface area contributed by atoms with Crippen molar-refractivity contribution in [3.63, 3.8) is 0 Å². The number of aryl methyl sites for hydroxylation is 2. The number of unbranched alkanes of at least 4 members (excludes halogenated alkanes) is 7. The lowest BCUT2D eigenvalue weighted by Gasteiger charge is -2.28. The van der Waals surface area contributed by atoms with E-state index in [9.17, 15) is 43.3 Å². The van der Waals surface area contributed by atoms with Gasteiger partial charge in [-0.05, 0) is 76.2 Å². The number of nitrogens with one attached hydrogen (secondary N) is 4. The van der Waals surface area contributed by atoms with Crippen LogP contribution in [0.15, 0.2) is 55.5 Å². The maximum absolute atomic E-state index is 14.2. The Bertz CT molecular complexity index is 1910. The number of primary amides is 1. The number of benzene rings is 1. The van der Waals surface area contributed by atoms with Gasteiger partial charge in [0.2, 0.25) is 35.4 Å². The van der Waals surface area contributed by atoms with E-state index in [4.69, 9.17) is 14.8 Å². The molecule has 2 aromatic rings.